The Bertz CT molecular complexity index is 683. The summed E-state index contributed by atoms with van der Waals surface area (Å²) in [5, 5.41) is 21.5. The van der Waals surface area contributed by atoms with Crippen LogP contribution >= 0.6 is 0 Å². The number of carbonyl (C=O) groups is 1. The van der Waals surface area contributed by atoms with Crippen molar-refractivity contribution >= 4 is 11.7 Å². The molecule has 0 saturated carbocycles. The Morgan fingerprint density at radius 3 is 2.59 bits per heavy atom. The van der Waals surface area contributed by atoms with Crippen LogP contribution in [0.1, 0.15) is 23.5 Å². The first-order valence-electron chi connectivity index (χ1n) is 6.82. The summed E-state index contributed by atoms with van der Waals surface area (Å²) in [6.45, 7) is 4.31. The van der Waals surface area contributed by atoms with Gasteiger partial charge in [0, 0.05) is 19.2 Å². The number of nitro groups is 1. The van der Waals surface area contributed by atoms with E-state index in [0.29, 0.717) is 18.8 Å². The minimum atomic E-state index is -0.549. The summed E-state index contributed by atoms with van der Waals surface area (Å²) in [7, 11) is 1.84. The number of hydrogen-bond donors (Lipinski definition) is 1. The molecule has 1 N–H and O–H groups in total. The molecule has 0 aliphatic rings. The van der Waals surface area contributed by atoms with Gasteiger partial charge in [0.15, 0.2) is 0 Å². The van der Waals surface area contributed by atoms with Gasteiger partial charge in [-0.15, -0.1) is 0 Å². The van der Waals surface area contributed by atoms with E-state index in [4.69, 9.17) is 0 Å². The normalized spacial score (nSPS) is 10.7. The average molecular weight is 306 g/mol. The van der Waals surface area contributed by atoms with Crippen molar-refractivity contribution in [3.8, 4) is 0 Å². The molecular formula is C13H18N6O3. The Labute approximate surface area is 127 Å². The lowest BCUT2D eigenvalue weighted by atomic mass is 10.3. The van der Waals surface area contributed by atoms with Crippen LogP contribution in [0.4, 0.5) is 5.82 Å². The number of carbonyl (C=O) groups excluding carboxylic acids is 1. The zero-order valence-corrected chi connectivity index (χ0v) is 12.7. The molecule has 0 saturated heterocycles. The average Bonchev–Trinajstić information content (AvgIpc) is 2.98. The van der Waals surface area contributed by atoms with Crippen LogP contribution in [0.25, 0.3) is 0 Å². The molecule has 0 fully saturated rings. The molecule has 0 unspecified atom stereocenters. The fourth-order valence-electron chi connectivity index (χ4n) is 2.01. The predicted octanol–water partition coefficient (Wildman–Crippen LogP) is 0.848. The SMILES string of the molecule is Cc1cc(CNC(=O)CCn2nc([N+](=O)[O-])cc2C)nn1C. The first kappa shape index (κ1) is 15.7. The third-order valence-corrected chi connectivity index (χ3v) is 3.34. The predicted molar refractivity (Wildman–Crippen MR) is 78.0 cm³/mol. The molecule has 9 nitrogen and oxygen atoms in total. The molecule has 1 amide bonds. The summed E-state index contributed by atoms with van der Waals surface area (Å²) in [6, 6.07) is 3.29. The second-order valence-electron chi connectivity index (χ2n) is 5.05. The lowest BCUT2D eigenvalue weighted by Crippen LogP contribution is -2.24. The Hall–Kier alpha value is -2.71. The molecule has 2 heterocycles. The summed E-state index contributed by atoms with van der Waals surface area (Å²) in [5.41, 5.74) is 2.46. The van der Waals surface area contributed by atoms with Crippen molar-refractivity contribution in [2.45, 2.75) is 33.4 Å². The second-order valence-corrected chi connectivity index (χ2v) is 5.05. The number of nitrogens with one attached hydrogen (secondary N) is 1. The van der Waals surface area contributed by atoms with Crippen molar-refractivity contribution in [3.05, 3.63) is 39.3 Å². The molecule has 0 aromatic carbocycles. The largest absolute Gasteiger partial charge is 0.390 e. The van der Waals surface area contributed by atoms with Crippen LogP contribution in [0.5, 0.6) is 0 Å². The van der Waals surface area contributed by atoms with E-state index in [0.717, 1.165) is 11.4 Å². The number of hydrogen-bond acceptors (Lipinski definition) is 5. The van der Waals surface area contributed by atoms with E-state index in [1.54, 1.807) is 11.6 Å². The van der Waals surface area contributed by atoms with Crippen LogP contribution in [-0.2, 0) is 24.9 Å². The van der Waals surface area contributed by atoms with E-state index >= 15 is 0 Å². The van der Waals surface area contributed by atoms with Gasteiger partial charge in [-0.2, -0.15) is 9.78 Å². The molecule has 0 bridgehead atoms. The monoisotopic (exact) mass is 306 g/mol. The van der Waals surface area contributed by atoms with Gasteiger partial charge in [-0.25, -0.2) is 0 Å². The highest BCUT2D eigenvalue weighted by molar-refractivity contribution is 5.75. The molecule has 0 atom stereocenters. The second kappa shape index (κ2) is 6.37. The molecule has 2 aromatic heterocycles. The van der Waals surface area contributed by atoms with Crippen molar-refractivity contribution in [1.82, 2.24) is 24.9 Å². The zero-order valence-electron chi connectivity index (χ0n) is 12.7. The first-order valence-corrected chi connectivity index (χ1v) is 6.82. The van der Waals surface area contributed by atoms with Crippen LogP contribution in [0.2, 0.25) is 0 Å². The van der Waals surface area contributed by atoms with E-state index in [9.17, 15) is 14.9 Å². The molecule has 0 aliphatic carbocycles. The number of aromatic nitrogens is 4. The number of nitrogens with zero attached hydrogens (tertiary/aromatic N) is 5. The first-order chi connectivity index (χ1) is 10.4. The molecule has 0 aliphatic heterocycles. The van der Waals surface area contributed by atoms with E-state index in [1.165, 1.54) is 10.7 Å². The highest BCUT2D eigenvalue weighted by atomic mass is 16.6. The lowest BCUT2D eigenvalue weighted by Gasteiger charge is -2.03. The van der Waals surface area contributed by atoms with Crippen molar-refractivity contribution in [3.63, 3.8) is 0 Å². The van der Waals surface area contributed by atoms with Crippen LogP contribution in [0, 0.1) is 24.0 Å². The summed E-state index contributed by atoms with van der Waals surface area (Å²) in [5.74, 6) is -0.359. The van der Waals surface area contributed by atoms with Crippen LogP contribution < -0.4 is 5.32 Å². The van der Waals surface area contributed by atoms with E-state index in [-0.39, 0.29) is 18.1 Å². The Kier molecular flexibility index (Phi) is 4.54. The van der Waals surface area contributed by atoms with Crippen molar-refractivity contribution < 1.29 is 9.72 Å². The van der Waals surface area contributed by atoms with Gasteiger partial charge in [-0.05, 0) is 24.8 Å². The molecule has 0 spiro atoms. The molecule has 0 radical (unpaired) electrons. The van der Waals surface area contributed by atoms with Gasteiger partial charge < -0.3 is 15.4 Å². The molecule has 118 valence electrons. The smallest absolute Gasteiger partial charge is 0.358 e. The molecular weight excluding hydrogens is 288 g/mol. The van der Waals surface area contributed by atoms with Crippen molar-refractivity contribution in [1.29, 1.82) is 0 Å². The quantitative estimate of drug-likeness (QED) is 0.628. The Morgan fingerprint density at radius 2 is 2.05 bits per heavy atom. The van der Waals surface area contributed by atoms with Crippen molar-refractivity contribution in [2.24, 2.45) is 7.05 Å². The summed E-state index contributed by atoms with van der Waals surface area (Å²) in [6.07, 6.45) is 0.200. The fourth-order valence-corrected chi connectivity index (χ4v) is 2.01. The third kappa shape index (κ3) is 3.68. The van der Waals surface area contributed by atoms with Gasteiger partial charge >= 0.3 is 5.82 Å². The van der Waals surface area contributed by atoms with Gasteiger partial charge in [0.1, 0.15) is 0 Å². The van der Waals surface area contributed by atoms with Gasteiger partial charge in [0.05, 0.1) is 35.6 Å². The number of amides is 1. The standard InChI is InChI=1S/C13H18N6O3/c1-9-6-11(15-17(9)3)8-14-13(20)4-5-18-10(2)7-12(16-18)19(21)22/h6-7H,4-5,8H2,1-3H3,(H,14,20). The summed E-state index contributed by atoms with van der Waals surface area (Å²) in [4.78, 5) is 21.9. The molecule has 2 aromatic rings. The van der Waals surface area contributed by atoms with E-state index in [1.807, 2.05) is 20.0 Å². The topological polar surface area (TPSA) is 108 Å². The van der Waals surface area contributed by atoms with Gasteiger partial charge in [0.2, 0.25) is 5.91 Å². The van der Waals surface area contributed by atoms with Gasteiger partial charge in [0.25, 0.3) is 0 Å². The maximum absolute atomic E-state index is 11.8. The summed E-state index contributed by atoms with van der Waals surface area (Å²) < 4.78 is 3.20. The van der Waals surface area contributed by atoms with Crippen molar-refractivity contribution in [2.75, 3.05) is 0 Å². The fraction of sp³-hybridized carbons (Fsp3) is 0.462. The molecule has 2 rings (SSSR count). The van der Waals surface area contributed by atoms with Crippen LogP contribution in [0.3, 0.4) is 0 Å². The van der Waals surface area contributed by atoms with E-state index in [2.05, 4.69) is 15.5 Å². The Balaban J connectivity index is 1.84. The molecule has 9 heteroatoms. The van der Waals surface area contributed by atoms with Gasteiger partial charge in [-0.3, -0.25) is 9.48 Å². The van der Waals surface area contributed by atoms with Crippen LogP contribution in [-0.4, -0.2) is 30.4 Å². The number of aryl methyl sites for hydroxylation is 4. The molecule has 22 heavy (non-hydrogen) atoms. The lowest BCUT2D eigenvalue weighted by molar-refractivity contribution is -0.389. The zero-order chi connectivity index (χ0) is 16.3. The number of rotatable bonds is 6. The third-order valence-electron chi connectivity index (χ3n) is 3.34. The maximum Gasteiger partial charge on any atom is 0.390 e. The highest BCUT2D eigenvalue weighted by Crippen LogP contribution is 2.11. The van der Waals surface area contributed by atoms with Crippen LogP contribution in [0.15, 0.2) is 12.1 Å². The highest BCUT2D eigenvalue weighted by Gasteiger charge is 2.16. The maximum atomic E-state index is 11.8. The van der Waals surface area contributed by atoms with Gasteiger partial charge in [-0.1, -0.05) is 0 Å². The van der Waals surface area contributed by atoms with E-state index < -0.39 is 4.92 Å². The minimum Gasteiger partial charge on any atom is -0.358 e. The summed E-state index contributed by atoms with van der Waals surface area (Å²) >= 11 is 0. The Morgan fingerprint density at radius 1 is 1.32 bits per heavy atom. The minimum absolute atomic E-state index is 0.152.